The molecule has 0 aromatic heterocycles. The minimum Gasteiger partial charge on any atom is -0.494 e. The van der Waals surface area contributed by atoms with Crippen LogP contribution in [0.1, 0.15) is 51.4 Å². The third kappa shape index (κ3) is 13.2. The van der Waals surface area contributed by atoms with E-state index in [9.17, 15) is 0 Å². The second-order valence-electron chi connectivity index (χ2n) is 16.8. The van der Waals surface area contributed by atoms with Gasteiger partial charge in [0.15, 0.2) is 0 Å². The molecule has 0 saturated carbocycles. The molecule has 0 bridgehead atoms. The number of rotatable bonds is 21. The molecule has 5 nitrogen and oxygen atoms in total. The Hall–Kier alpha value is -9.06. The summed E-state index contributed by atoms with van der Waals surface area (Å²) in [5.41, 5.74) is 14.2. The summed E-state index contributed by atoms with van der Waals surface area (Å²) in [6, 6.07) is 84.9. The fraction of sp³-hybridized carbons (Fsp3) is 0.0746. The maximum atomic E-state index is 6.38. The fourth-order valence-electron chi connectivity index (χ4n) is 8.45. The molecule has 0 radical (unpaired) electrons. The van der Waals surface area contributed by atoms with E-state index < -0.39 is 0 Å². The van der Waals surface area contributed by atoms with Crippen LogP contribution in [0.4, 0.5) is 5.69 Å². The second-order valence-corrected chi connectivity index (χ2v) is 16.8. The largest absolute Gasteiger partial charge is 0.494 e. The van der Waals surface area contributed by atoms with Crippen molar-refractivity contribution < 1.29 is 18.9 Å². The molecule has 0 aliphatic heterocycles. The minimum atomic E-state index is 0.389. The molecule has 9 rings (SSSR count). The number of para-hydroxylation sites is 1. The molecule has 354 valence electrons. The van der Waals surface area contributed by atoms with Gasteiger partial charge in [-0.3, -0.25) is 0 Å². The minimum absolute atomic E-state index is 0.389. The number of benzene rings is 9. The Morgan fingerprint density at radius 2 is 0.542 bits per heavy atom. The van der Waals surface area contributed by atoms with Crippen molar-refractivity contribution in [2.24, 2.45) is 0 Å². The zero-order valence-corrected chi connectivity index (χ0v) is 40.4. The molecule has 72 heavy (non-hydrogen) atoms. The van der Waals surface area contributed by atoms with Gasteiger partial charge in [0.1, 0.15) is 42.8 Å². The molecule has 9 aromatic carbocycles. The SMILES string of the molecule is CCOc1ccc(/C(=C\COc2ccc(/C(=C\COc3ccc(/C(=C\COc4ccc(C(=CNc5ccccc5)c5ccccc5)cc4)c4ccccc4)cc3)c3ccccc3)cc2)c2ccccc2)cc1. The van der Waals surface area contributed by atoms with Crippen LogP contribution < -0.4 is 24.3 Å². The first-order chi connectivity index (χ1) is 35.7. The molecular formula is C67H57NO4. The molecule has 5 heteroatoms. The predicted molar refractivity (Wildman–Crippen MR) is 298 cm³/mol. The number of hydrogen-bond acceptors (Lipinski definition) is 5. The standard InChI is InChI=1S/C67H57NO4/c1-2-69-60-36-28-55(29-37-60)64(51-18-8-3-9-19-51)44-47-70-61-38-30-56(31-39-61)65(52-20-10-4-11-21-52)45-48-71-62-40-32-57(33-41-62)66(53-22-12-5-13-23-53)46-49-72-63-42-34-58(35-43-63)67(54-24-14-6-15-25-54)50-68-59-26-16-7-17-27-59/h3-46,50,68H,2,47-49H2,1H3/b64-44-,65-45-,66-46-,67-50?. The van der Waals surface area contributed by atoms with E-state index in [2.05, 4.69) is 187 Å². The van der Waals surface area contributed by atoms with E-state index in [-0.39, 0.29) is 0 Å². The van der Waals surface area contributed by atoms with Crippen LogP contribution in [0, 0.1) is 0 Å². The van der Waals surface area contributed by atoms with E-state index in [0.717, 1.165) is 95.5 Å². The Balaban J connectivity index is 0.853. The van der Waals surface area contributed by atoms with Crippen molar-refractivity contribution in [2.45, 2.75) is 6.92 Å². The van der Waals surface area contributed by atoms with E-state index in [0.29, 0.717) is 26.4 Å². The average molecular weight is 940 g/mol. The first-order valence-corrected chi connectivity index (χ1v) is 24.4. The summed E-state index contributed by atoms with van der Waals surface area (Å²) < 4.78 is 24.7. The lowest BCUT2D eigenvalue weighted by Crippen LogP contribution is -1.99. The maximum absolute atomic E-state index is 6.38. The van der Waals surface area contributed by atoms with Gasteiger partial charge in [-0.1, -0.05) is 188 Å². The average Bonchev–Trinajstić information content (AvgIpc) is 3.45. The van der Waals surface area contributed by atoms with Crippen LogP contribution in [0.25, 0.3) is 22.3 Å². The van der Waals surface area contributed by atoms with E-state index in [4.69, 9.17) is 18.9 Å². The van der Waals surface area contributed by atoms with Gasteiger partial charge in [-0.05, 0) is 147 Å². The number of nitrogens with one attached hydrogen (secondary N) is 1. The molecule has 0 aliphatic carbocycles. The third-order valence-corrected chi connectivity index (χ3v) is 12.1. The lowest BCUT2D eigenvalue weighted by Gasteiger charge is -2.13. The topological polar surface area (TPSA) is 49.0 Å². The van der Waals surface area contributed by atoms with Gasteiger partial charge in [-0.25, -0.2) is 0 Å². The summed E-state index contributed by atoms with van der Waals surface area (Å²) in [7, 11) is 0. The quantitative estimate of drug-likeness (QED) is 0.0778. The van der Waals surface area contributed by atoms with Gasteiger partial charge in [0.05, 0.1) is 6.61 Å². The van der Waals surface area contributed by atoms with E-state index in [1.54, 1.807) is 0 Å². The first-order valence-electron chi connectivity index (χ1n) is 24.4. The Bertz CT molecular complexity index is 3190. The first kappa shape index (κ1) is 48.0. The van der Waals surface area contributed by atoms with Gasteiger partial charge in [-0.15, -0.1) is 0 Å². The Labute approximate surface area is 424 Å². The van der Waals surface area contributed by atoms with Gasteiger partial charge >= 0.3 is 0 Å². The fourth-order valence-corrected chi connectivity index (χ4v) is 8.45. The molecule has 0 fully saturated rings. The van der Waals surface area contributed by atoms with Crippen molar-refractivity contribution in [1.29, 1.82) is 0 Å². The molecule has 0 atom stereocenters. The predicted octanol–water partition coefficient (Wildman–Crippen LogP) is 16.1. The number of anilines is 1. The van der Waals surface area contributed by atoms with Gasteiger partial charge in [0.25, 0.3) is 0 Å². The van der Waals surface area contributed by atoms with Crippen molar-refractivity contribution in [1.82, 2.24) is 0 Å². The molecule has 0 saturated heterocycles. The van der Waals surface area contributed by atoms with Crippen molar-refractivity contribution >= 4 is 28.0 Å². The Morgan fingerprint density at radius 1 is 0.292 bits per heavy atom. The van der Waals surface area contributed by atoms with Crippen LogP contribution >= 0.6 is 0 Å². The lowest BCUT2D eigenvalue weighted by molar-refractivity contribution is 0.340. The smallest absolute Gasteiger partial charge is 0.119 e. The summed E-state index contributed by atoms with van der Waals surface area (Å²) in [5, 5.41) is 3.46. The van der Waals surface area contributed by atoms with Crippen LogP contribution in [-0.2, 0) is 0 Å². The second kappa shape index (κ2) is 25.0. The third-order valence-electron chi connectivity index (χ3n) is 12.1. The lowest BCUT2D eigenvalue weighted by atomic mass is 9.97. The number of hydrogen-bond donors (Lipinski definition) is 1. The number of ether oxygens (including phenoxy) is 4. The van der Waals surface area contributed by atoms with Crippen LogP contribution in [0.3, 0.4) is 0 Å². The molecule has 0 heterocycles. The molecule has 0 aliphatic rings. The zero-order valence-electron chi connectivity index (χ0n) is 40.4. The maximum Gasteiger partial charge on any atom is 0.119 e. The highest BCUT2D eigenvalue weighted by atomic mass is 16.5. The zero-order chi connectivity index (χ0) is 49.0. The van der Waals surface area contributed by atoms with Crippen molar-refractivity contribution in [2.75, 3.05) is 31.7 Å². The van der Waals surface area contributed by atoms with Gasteiger partial charge in [-0.2, -0.15) is 0 Å². The molecule has 0 spiro atoms. The van der Waals surface area contributed by atoms with Crippen LogP contribution in [0.5, 0.6) is 23.0 Å². The molecule has 1 N–H and O–H groups in total. The van der Waals surface area contributed by atoms with E-state index in [1.165, 1.54) is 0 Å². The van der Waals surface area contributed by atoms with E-state index >= 15 is 0 Å². The molecule has 9 aromatic rings. The summed E-state index contributed by atoms with van der Waals surface area (Å²) in [6.45, 7) is 3.83. The van der Waals surface area contributed by atoms with Crippen molar-refractivity contribution in [3.63, 3.8) is 0 Å². The molecular weight excluding hydrogens is 883 g/mol. The van der Waals surface area contributed by atoms with Crippen molar-refractivity contribution in [3.8, 4) is 23.0 Å². The highest BCUT2D eigenvalue weighted by Crippen LogP contribution is 2.31. The van der Waals surface area contributed by atoms with Crippen LogP contribution in [0.15, 0.2) is 273 Å². The van der Waals surface area contributed by atoms with Gasteiger partial charge in [0.2, 0.25) is 0 Å². The van der Waals surface area contributed by atoms with Crippen LogP contribution in [-0.4, -0.2) is 26.4 Å². The monoisotopic (exact) mass is 939 g/mol. The van der Waals surface area contributed by atoms with Gasteiger partial charge in [0, 0.05) is 17.5 Å². The van der Waals surface area contributed by atoms with Crippen LogP contribution in [0.2, 0.25) is 0 Å². The molecule has 0 unspecified atom stereocenters. The summed E-state index contributed by atoms with van der Waals surface area (Å²) >= 11 is 0. The summed E-state index contributed by atoms with van der Waals surface area (Å²) in [4.78, 5) is 0. The molecule has 0 amide bonds. The highest BCUT2D eigenvalue weighted by molar-refractivity contribution is 5.83. The van der Waals surface area contributed by atoms with Crippen molar-refractivity contribution in [3.05, 3.63) is 318 Å². The normalized spacial score (nSPS) is 12.0. The Kier molecular flexibility index (Phi) is 16.7. The van der Waals surface area contributed by atoms with Gasteiger partial charge < -0.3 is 24.3 Å². The summed E-state index contributed by atoms with van der Waals surface area (Å²) in [5.74, 6) is 3.23. The highest BCUT2D eigenvalue weighted by Gasteiger charge is 2.11. The summed E-state index contributed by atoms with van der Waals surface area (Å²) in [6.07, 6.45) is 8.49. The van der Waals surface area contributed by atoms with E-state index in [1.807, 2.05) is 97.9 Å². The Morgan fingerprint density at radius 3 is 0.847 bits per heavy atom.